The van der Waals surface area contributed by atoms with Crippen molar-refractivity contribution in [2.45, 2.75) is 12.2 Å². The number of hydrogen-bond donors (Lipinski definition) is 0. The van der Waals surface area contributed by atoms with E-state index in [9.17, 15) is 4.79 Å². The molecule has 2 aliphatic rings. The number of cyclic esters (lactones) is 1. The number of epoxide rings is 1. The van der Waals surface area contributed by atoms with E-state index in [0.29, 0.717) is 17.3 Å². The van der Waals surface area contributed by atoms with Gasteiger partial charge in [-0.3, -0.25) is 0 Å². The first-order chi connectivity index (χ1) is 9.74. The van der Waals surface area contributed by atoms with Crippen molar-refractivity contribution < 1.29 is 23.7 Å². The molecule has 0 aromatic heterocycles. The number of esters is 1. The van der Waals surface area contributed by atoms with Crippen molar-refractivity contribution in [3.63, 3.8) is 0 Å². The highest BCUT2D eigenvalue weighted by Crippen LogP contribution is 2.45. The summed E-state index contributed by atoms with van der Waals surface area (Å²) in [6.07, 6.45) is 0.937. The maximum absolute atomic E-state index is 11.3. The highest BCUT2D eigenvalue weighted by Gasteiger charge is 2.47. The number of benzene rings is 1. The number of hydrogen-bond acceptors (Lipinski definition) is 5. The molecule has 5 nitrogen and oxygen atoms in total. The lowest BCUT2D eigenvalue weighted by Gasteiger charge is -2.09. The zero-order valence-corrected chi connectivity index (χ0v) is 11.2. The smallest absolute Gasteiger partial charge is 0.340 e. The van der Waals surface area contributed by atoms with Gasteiger partial charge in [-0.15, -0.1) is 0 Å². The van der Waals surface area contributed by atoms with Gasteiger partial charge < -0.3 is 18.9 Å². The van der Waals surface area contributed by atoms with E-state index in [4.69, 9.17) is 18.9 Å². The minimum absolute atomic E-state index is 0.0870. The first-order valence-corrected chi connectivity index (χ1v) is 6.21. The standard InChI is InChI=1S/C15H14O5/c1-17-10-8-11(16)19-13(10)14(18-2)15-12(20-15)9-6-4-3-5-7-9/h3-8,12,15H,1-2H3/t12-,15+/m0/s1. The fraction of sp³-hybridized carbons (Fsp3) is 0.267. The van der Waals surface area contributed by atoms with E-state index < -0.39 is 5.97 Å². The molecule has 20 heavy (non-hydrogen) atoms. The second-order valence-corrected chi connectivity index (χ2v) is 4.42. The van der Waals surface area contributed by atoms with Crippen LogP contribution in [0.2, 0.25) is 0 Å². The number of carbonyl (C=O) groups excluding carboxylic acids is 1. The molecule has 2 aliphatic heterocycles. The van der Waals surface area contributed by atoms with Crippen LogP contribution >= 0.6 is 0 Å². The van der Waals surface area contributed by atoms with Crippen molar-refractivity contribution in [2.75, 3.05) is 14.2 Å². The van der Waals surface area contributed by atoms with E-state index in [2.05, 4.69) is 0 Å². The lowest BCUT2D eigenvalue weighted by atomic mass is 10.1. The van der Waals surface area contributed by atoms with Crippen molar-refractivity contribution in [1.29, 1.82) is 0 Å². The van der Waals surface area contributed by atoms with Crippen LogP contribution in [0.1, 0.15) is 11.7 Å². The molecule has 2 atom stereocenters. The van der Waals surface area contributed by atoms with Gasteiger partial charge in [0.2, 0.25) is 5.76 Å². The zero-order chi connectivity index (χ0) is 14.1. The molecular formula is C15H14O5. The van der Waals surface area contributed by atoms with Gasteiger partial charge in [-0.25, -0.2) is 4.79 Å². The Balaban J connectivity index is 1.86. The molecule has 1 aromatic rings. The van der Waals surface area contributed by atoms with Crippen LogP contribution < -0.4 is 0 Å². The van der Waals surface area contributed by atoms with Crippen LogP contribution in [0.5, 0.6) is 0 Å². The molecule has 1 fully saturated rings. The Labute approximate surface area is 116 Å². The summed E-state index contributed by atoms with van der Waals surface area (Å²) in [5, 5.41) is 0. The van der Waals surface area contributed by atoms with Crippen LogP contribution in [0, 0.1) is 0 Å². The van der Waals surface area contributed by atoms with Crippen LogP contribution in [-0.2, 0) is 23.7 Å². The molecule has 0 saturated carbocycles. The van der Waals surface area contributed by atoms with Gasteiger partial charge >= 0.3 is 5.97 Å². The van der Waals surface area contributed by atoms with Crippen LogP contribution in [0.15, 0.2) is 53.7 Å². The Morgan fingerprint density at radius 1 is 1.20 bits per heavy atom. The van der Waals surface area contributed by atoms with Crippen molar-refractivity contribution >= 4 is 5.97 Å². The Morgan fingerprint density at radius 3 is 2.60 bits per heavy atom. The quantitative estimate of drug-likeness (QED) is 0.478. The van der Waals surface area contributed by atoms with Crippen molar-refractivity contribution in [2.24, 2.45) is 0 Å². The predicted molar refractivity (Wildman–Crippen MR) is 69.3 cm³/mol. The summed E-state index contributed by atoms with van der Waals surface area (Å²) < 4.78 is 21.2. The fourth-order valence-electron chi connectivity index (χ4n) is 2.22. The SMILES string of the molecule is COC1=CC(=O)OC1=C(OC)[C@@H]1O[C@H]1c1ccccc1. The van der Waals surface area contributed by atoms with Gasteiger partial charge in [0.15, 0.2) is 11.5 Å². The van der Waals surface area contributed by atoms with E-state index in [0.717, 1.165) is 5.56 Å². The lowest BCUT2D eigenvalue weighted by Crippen LogP contribution is -2.06. The van der Waals surface area contributed by atoms with Gasteiger partial charge in [-0.2, -0.15) is 0 Å². The molecule has 0 amide bonds. The average molecular weight is 274 g/mol. The lowest BCUT2D eigenvalue weighted by molar-refractivity contribution is -0.132. The summed E-state index contributed by atoms with van der Waals surface area (Å²) in [5.41, 5.74) is 1.06. The minimum atomic E-state index is -0.469. The molecular weight excluding hydrogens is 260 g/mol. The van der Waals surface area contributed by atoms with Gasteiger partial charge in [-0.05, 0) is 5.56 Å². The molecule has 0 radical (unpaired) electrons. The molecule has 0 bridgehead atoms. The number of rotatable bonds is 4. The number of methoxy groups -OCH3 is 2. The van der Waals surface area contributed by atoms with Crippen molar-refractivity contribution in [1.82, 2.24) is 0 Å². The van der Waals surface area contributed by atoms with E-state index in [-0.39, 0.29) is 12.2 Å². The third kappa shape index (κ3) is 2.16. The second kappa shape index (κ2) is 5.02. The summed E-state index contributed by atoms with van der Waals surface area (Å²) in [5.74, 6) is 0.652. The highest BCUT2D eigenvalue weighted by atomic mass is 16.6. The second-order valence-electron chi connectivity index (χ2n) is 4.42. The summed E-state index contributed by atoms with van der Waals surface area (Å²) in [7, 11) is 3.00. The van der Waals surface area contributed by atoms with Gasteiger partial charge in [0.25, 0.3) is 0 Å². The normalized spacial score (nSPS) is 26.7. The predicted octanol–water partition coefficient (Wildman–Crippen LogP) is 2.07. The fourth-order valence-corrected chi connectivity index (χ4v) is 2.22. The monoisotopic (exact) mass is 274 g/mol. The Morgan fingerprint density at radius 2 is 1.95 bits per heavy atom. The van der Waals surface area contributed by atoms with Gasteiger partial charge in [0, 0.05) is 0 Å². The summed E-state index contributed by atoms with van der Waals surface area (Å²) >= 11 is 0. The molecule has 1 aromatic carbocycles. The third-order valence-corrected chi connectivity index (χ3v) is 3.22. The van der Waals surface area contributed by atoms with Gasteiger partial charge in [-0.1, -0.05) is 30.3 Å². The highest BCUT2D eigenvalue weighted by molar-refractivity contribution is 5.87. The first-order valence-electron chi connectivity index (χ1n) is 6.21. The molecule has 0 N–H and O–H groups in total. The Hall–Kier alpha value is -2.27. The minimum Gasteiger partial charge on any atom is -0.494 e. The Kier molecular flexibility index (Phi) is 3.20. The summed E-state index contributed by atoms with van der Waals surface area (Å²) in [6.45, 7) is 0. The maximum atomic E-state index is 11.3. The van der Waals surface area contributed by atoms with E-state index in [1.807, 2.05) is 30.3 Å². The molecule has 3 rings (SSSR count). The summed E-state index contributed by atoms with van der Waals surface area (Å²) in [6, 6.07) is 9.81. The van der Waals surface area contributed by atoms with E-state index >= 15 is 0 Å². The first kappa shape index (κ1) is 12.7. The molecule has 0 aliphatic carbocycles. The third-order valence-electron chi connectivity index (χ3n) is 3.22. The number of ether oxygens (including phenoxy) is 4. The molecule has 104 valence electrons. The topological polar surface area (TPSA) is 57.3 Å². The number of carbonyl (C=O) groups is 1. The van der Waals surface area contributed by atoms with Crippen LogP contribution in [0.4, 0.5) is 0 Å². The van der Waals surface area contributed by atoms with E-state index in [1.165, 1.54) is 20.3 Å². The van der Waals surface area contributed by atoms with E-state index in [1.54, 1.807) is 0 Å². The van der Waals surface area contributed by atoms with Crippen molar-refractivity contribution in [3.05, 3.63) is 59.2 Å². The van der Waals surface area contributed by atoms with Gasteiger partial charge in [0.05, 0.1) is 20.3 Å². The molecule has 0 spiro atoms. The van der Waals surface area contributed by atoms with Gasteiger partial charge in [0.1, 0.15) is 12.2 Å². The summed E-state index contributed by atoms with van der Waals surface area (Å²) in [4.78, 5) is 11.3. The van der Waals surface area contributed by atoms with Crippen molar-refractivity contribution in [3.8, 4) is 0 Å². The van der Waals surface area contributed by atoms with Crippen LogP contribution in [0.25, 0.3) is 0 Å². The largest absolute Gasteiger partial charge is 0.494 e. The Bertz CT molecular complexity index is 588. The van der Waals surface area contributed by atoms with Crippen LogP contribution in [0.3, 0.4) is 0 Å². The molecule has 0 unspecified atom stereocenters. The zero-order valence-electron chi connectivity index (χ0n) is 11.2. The maximum Gasteiger partial charge on any atom is 0.340 e. The molecule has 5 heteroatoms. The molecule has 1 saturated heterocycles. The average Bonchev–Trinajstić information content (AvgIpc) is 3.17. The van der Waals surface area contributed by atoms with Crippen LogP contribution in [-0.4, -0.2) is 26.3 Å². The molecule has 2 heterocycles.